The molecule has 3 aromatic rings. The molecule has 2 aliphatic carbocycles. The van der Waals surface area contributed by atoms with E-state index in [1.165, 1.54) is 82.6 Å². The number of fused-ring (bicyclic) bond motifs is 1. The first-order chi connectivity index (χ1) is 18.7. The van der Waals surface area contributed by atoms with Gasteiger partial charge >= 0.3 is 0 Å². The van der Waals surface area contributed by atoms with Gasteiger partial charge in [0.2, 0.25) is 0 Å². The van der Waals surface area contributed by atoms with E-state index in [4.69, 9.17) is 4.74 Å². The van der Waals surface area contributed by atoms with E-state index in [2.05, 4.69) is 31.2 Å². The number of halogens is 1. The van der Waals surface area contributed by atoms with E-state index in [1.807, 2.05) is 36.4 Å². The molecule has 5 rings (SSSR count). The van der Waals surface area contributed by atoms with Crippen LogP contribution in [0.1, 0.15) is 101 Å². The fraction of sp³-hybridized carbons (Fsp3) is 0.500. The predicted octanol–water partition coefficient (Wildman–Crippen LogP) is 10.7. The minimum absolute atomic E-state index is 0.303. The summed E-state index contributed by atoms with van der Waals surface area (Å²) in [4.78, 5) is 0. The molecule has 2 fully saturated rings. The lowest BCUT2D eigenvalue weighted by Crippen LogP contribution is -2.30. The number of rotatable bonds is 11. The lowest BCUT2D eigenvalue weighted by molar-refractivity contribution is 0.113. The second kappa shape index (κ2) is 13.5. The number of hydrogen-bond donors (Lipinski definition) is 0. The minimum Gasteiger partial charge on any atom is -0.486 e. The number of hydrogen-bond acceptors (Lipinski definition) is 1. The Bertz CT molecular complexity index is 1120. The largest absolute Gasteiger partial charge is 0.486 e. The summed E-state index contributed by atoms with van der Waals surface area (Å²) >= 11 is 0. The first-order valence-electron chi connectivity index (χ1n) is 15.3. The smallest absolute Gasteiger partial charge is 0.165 e. The number of unbranched alkanes of at least 4 members (excludes halogenated alkanes) is 4. The summed E-state index contributed by atoms with van der Waals surface area (Å²) in [5.74, 6) is 3.55. The first kappa shape index (κ1) is 27.0. The Kier molecular flexibility index (Phi) is 9.55. The highest BCUT2D eigenvalue weighted by molar-refractivity contribution is 5.64. The van der Waals surface area contributed by atoms with Gasteiger partial charge in [0.1, 0.15) is 6.61 Å². The molecule has 2 saturated carbocycles. The first-order valence-corrected chi connectivity index (χ1v) is 15.3. The minimum atomic E-state index is -0.308. The average Bonchev–Trinajstić information content (AvgIpc) is 2.97. The van der Waals surface area contributed by atoms with Crippen molar-refractivity contribution in [1.29, 1.82) is 0 Å². The Hall–Kier alpha value is -2.61. The zero-order valence-corrected chi connectivity index (χ0v) is 23.2. The molecule has 2 heteroatoms. The fourth-order valence-electron chi connectivity index (χ4n) is 7.07. The number of ether oxygens (including phenoxy) is 1. The standard InChI is InChI=1S/C36H45FO/c1-2-3-4-5-7-10-27-13-14-33-24-32(20-19-31(33)23-27)29-15-17-30(18-16-29)34-21-22-36(35(37)25-34)38-26-28-11-8-6-9-12-28/h6,8-9,11-12,15-18,21-22,25,27,31-33H,2-5,7,10,13-14,19-20,23-24,26H2,1H3. The maximum atomic E-state index is 14.8. The molecule has 4 unspecified atom stereocenters. The van der Waals surface area contributed by atoms with Gasteiger partial charge in [-0.3, -0.25) is 0 Å². The average molecular weight is 513 g/mol. The van der Waals surface area contributed by atoms with Crippen molar-refractivity contribution in [3.63, 3.8) is 0 Å². The highest BCUT2D eigenvalue weighted by atomic mass is 19.1. The van der Waals surface area contributed by atoms with E-state index in [0.717, 1.165) is 34.4 Å². The monoisotopic (exact) mass is 512 g/mol. The van der Waals surface area contributed by atoms with Crippen LogP contribution in [0.2, 0.25) is 0 Å². The van der Waals surface area contributed by atoms with E-state index >= 15 is 0 Å². The molecule has 1 nitrogen and oxygen atoms in total. The summed E-state index contributed by atoms with van der Waals surface area (Å²) in [5, 5.41) is 0. The van der Waals surface area contributed by atoms with E-state index < -0.39 is 0 Å². The molecule has 0 saturated heterocycles. The summed E-state index contributed by atoms with van der Waals surface area (Å²) in [7, 11) is 0. The Morgan fingerprint density at radius 3 is 2.26 bits per heavy atom. The summed E-state index contributed by atoms with van der Waals surface area (Å²) in [6.45, 7) is 2.67. The van der Waals surface area contributed by atoms with Crippen LogP contribution >= 0.6 is 0 Å². The maximum absolute atomic E-state index is 14.8. The van der Waals surface area contributed by atoms with Gasteiger partial charge in [0.15, 0.2) is 11.6 Å². The zero-order valence-electron chi connectivity index (χ0n) is 23.2. The van der Waals surface area contributed by atoms with Crippen molar-refractivity contribution < 1.29 is 9.13 Å². The topological polar surface area (TPSA) is 9.23 Å². The molecule has 3 aromatic carbocycles. The molecule has 0 aromatic heterocycles. The van der Waals surface area contributed by atoms with Gasteiger partial charge in [-0.2, -0.15) is 0 Å². The number of benzene rings is 3. The Morgan fingerprint density at radius 2 is 1.47 bits per heavy atom. The normalized spacial score (nSPS) is 23.1. The molecule has 0 amide bonds. The van der Waals surface area contributed by atoms with Gasteiger partial charge in [-0.05, 0) is 90.2 Å². The molecule has 38 heavy (non-hydrogen) atoms. The molecule has 0 bridgehead atoms. The summed E-state index contributed by atoms with van der Waals surface area (Å²) in [6.07, 6.45) is 17.0. The van der Waals surface area contributed by atoms with Crippen LogP contribution in [-0.2, 0) is 6.61 Å². The molecule has 0 N–H and O–H groups in total. The molecule has 0 heterocycles. The second-order valence-corrected chi connectivity index (χ2v) is 12.0. The zero-order chi connectivity index (χ0) is 26.2. The van der Waals surface area contributed by atoms with Gasteiger partial charge in [0, 0.05) is 0 Å². The third kappa shape index (κ3) is 7.07. The third-order valence-corrected chi connectivity index (χ3v) is 9.32. The van der Waals surface area contributed by atoms with Gasteiger partial charge in [0.05, 0.1) is 0 Å². The highest BCUT2D eigenvalue weighted by Gasteiger charge is 2.35. The van der Waals surface area contributed by atoms with Crippen LogP contribution in [0.4, 0.5) is 4.39 Å². The third-order valence-electron chi connectivity index (χ3n) is 9.32. The second-order valence-electron chi connectivity index (χ2n) is 12.0. The van der Waals surface area contributed by atoms with E-state index in [-0.39, 0.29) is 5.82 Å². The van der Waals surface area contributed by atoms with Crippen molar-refractivity contribution in [2.75, 3.05) is 0 Å². The van der Waals surface area contributed by atoms with Crippen LogP contribution in [-0.4, -0.2) is 0 Å². The lowest BCUT2D eigenvalue weighted by Gasteiger charge is -2.42. The van der Waals surface area contributed by atoms with Gasteiger partial charge in [0.25, 0.3) is 0 Å². The summed E-state index contributed by atoms with van der Waals surface area (Å²) < 4.78 is 20.5. The van der Waals surface area contributed by atoms with Crippen LogP contribution in [0.15, 0.2) is 72.8 Å². The molecule has 0 radical (unpaired) electrons. The SMILES string of the molecule is CCCCCCCC1CCC2CC(c3ccc(-c4ccc(OCc5ccccc5)c(F)c4)cc3)CCC2C1. The van der Waals surface area contributed by atoms with Crippen molar-refractivity contribution >= 4 is 0 Å². The van der Waals surface area contributed by atoms with Crippen molar-refractivity contribution in [3.05, 3.63) is 89.7 Å². The molecule has 4 atom stereocenters. The maximum Gasteiger partial charge on any atom is 0.165 e. The molecular formula is C36H45FO. The predicted molar refractivity (Wildman–Crippen MR) is 157 cm³/mol. The molecule has 0 aliphatic heterocycles. The van der Waals surface area contributed by atoms with Crippen LogP contribution in [0.25, 0.3) is 11.1 Å². The van der Waals surface area contributed by atoms with Gasteiger partial charge in [-0.1, -0.05) is 113 Å². The van der Waals surface area contributed by atoms with Crippen LogP contribution in [0, 0.1) is 23.6 Å². The summed E-state index contributed by atoms with van der Waals surface area (Å²) in [6, 6.07) is 24.1. The Labute approximate surface area is 229 Å². The Morgan fingerprint density at radius 1 is 0.737 bits per heavy atom. The Balaban J connectivity index is 1.12. The highest BCUT2D eigenvalue weighted by Crippen LogP contribution is 2.48. The summed E-state index contributed by atoms with van der Waals surface area (Å²) in [5.41, 5.74) is 4.47. The van der Waals surface area contributed by atoms with Crippen molar-refractivity contribution in [2.24, 2.45) is 17.8 Å². The van der Waals surface area contributed by atoms with Gasteiger partial charge < -0.3 is 4.74 Å². The van der Waals surface area contributed by atoms with E-state index in [9.17, 15) is 4.39 Å². The van der Waals surface area contributed by atoms with Crippen molar-refractivity contribution in [2.45, 2.75) is 96.5 Å². The van der Waals surface area contributed by atoms with E-state index in [1.54, 1.807) is 12.1 Å². The van der Waals surface area contributed by atoms with Crippen molar-refractivity contribution in [3.8, 4) is 16.9 Å². The lowest BCUT2D eigenvalue weighted by atomic mass is 9.63. The van der Waals surface area contributed by atoms with E-state index in [0.29, 0.717) is 18.3 Å². The molecule has 0 spiro atoms. The van der Waals surface area contributed by atoms with Gasteiger partial charge in [-0.15, -0.1) is 0 Å². The van der Waals surface area contributed by atoms with Crippen molar-refractivity contribution in [1.82, 2.24) is 0 Å². The van der Waals surface area contributed by atoms with Crippen LogP contribution < -0.4 is 4.74 Å². The fourth-order valence-corrected chi connectivity index (χ4v) is 7.07. The quantitative estimate of drug-likeness (QED) is 0.232. The molecular weight excluding hydrogens is 467 g/mol. The molecule has 202 valence electrons. The van der Waals surface area contributed by atoms with Gasteiger partial charge in [-0.25, -0.2) is 4.39 Å². The van der Waals surface area contributed by atoms with Crippen LogP contribution in [0.5, 0.6) is 5.75 Å². The molecule has 2 aliphatic rings. The van der Waals surface area contributed by atoms with Crippen LogP contribution in [0.3, 0.4) is 0 Å².